The Kier molecular flexibility index (Phi) is 4.00. The molecule has 1 aromatic carbocycles. The minimum absolute atomic E-state index is 0.477. The van der Waals surface area contributed by atoms with Gasteiger partial charge in [-0.3, -0.25) is 0 Å². The fourth-order valence-electron chi connectivity index (χ4n) is 2.33. The quantitative estimate of drug-likeness (QED) is 0.593. The summed E-state index contributed by atoms with van der Waals surface area (Å²) in [5.41, 5.74) is 2.36. The first kappa shape index (κ1) is 12.4. The van der Waals surface area contributed by atoms with Gasteiger partial charge in [0.05, 0.1) is 11.0 Å². The Balaban J connectivity index is 2.28. The minimum Gasteiger partial charge on any atom is -0.331 e. The number of para-hydroxylation sites is 2. The summed E-state index contributed by atoms with van der Waals surface area (Å²) in [7, 11) is 0. The van der Waals surface area contributed by atoms with Crippen LogP contribution in [-0.2, 0) is 0 Å². The van der Waals surface area contributed by atoms with Crippen LogP contribution in [0.15, 0.2) is 24.3 Å². The van der Waals surface area contributed by atoms with Crippen LogP contribution < -0.4 is 0 Å². The molecule has 0 fully saturated rings. The van der Waals surface area contributed by atoms with Gasteiger partial charge in [0.25, 0.3) is 0 Å². The average molecular weight is 248 g/mol. The molecule has 0 spiro atoms. The number of nitrogens with one attached hydrogen (secondary N) is 1. The lowest BCUT2D eigenvalue weighted by atomic mass is 10.1. The third-order valence-corrected chi connectivity index (χ3v) is 3.59. The number of aromatic nitrogens is 2. The van der Waals surface area contributed by atoms with Crippen LogP contribution in [0.1, 0.15) is 45.6 Å². The monoisotopic (exact) mass is 248 g/mol. The molecule has 0 amide bonds. The van der Waals surface area contributed by atoms with Crippen LogP contribution in [0.3, 0.4) is 0 Å². The molecule has 2 nitrogen and oxygen atoms in total. The van der Waals surface area contributed by atoms with Crippen LogP contribution in [-0.4, -0.2) is 9.55 Å². The van der Waals surface area contributed by atoms with Gasteiger partial charge in [0, 0.05) is 6.04 Å². The zero-order valence-electron chi connectivity index (χ0n) is 10.6. The lowest BCUT2D eigenvalue weighted by molar-refractivity contribution is 0.483. The van der Waals surface area contributed by atoms with E-state index in [1.54, 1.807) is 0 Å². The van der Waals surface area contributed by atoms with Gasteiger partial charge in [-0.2, -0.15) is 0 Å². The summed E-state index contributed by atoms with van der Waals surface area (Å²) in [6.07, 6.45) is 5.05. The van der Waals surface area contributed by atoms with Crippen molar-refractivity contribution in [3.05, 3.63) is 29.0 Å². The summed E-state index contributed by atoms with van der Waals surface area (Å²) in [4.78, 5) is 3.28. The standard InChI is InChI=1S/C14H20N2S/c1-3-4-5-8-11(2)16-13-10-7-6-9-12(13)15-14(16)17/h6-7,9-11H,3-5,8H2,1-2H3,(H,15,17). The highest BCUT2D eigenvalue weighted by Crippen LogP contribution is 2.22. The van der Waals surface area contributed by atoms with E-state index in [0.717, 1.165) is 10.3 Å². The van der Waals surface area contributed by atoms with Crippen molar-refractivity contribution in [1.29, 1.82) is 0 Å². The number of benzene rings is 1. The van der Waals surface area contributed by atoms with Crippen molar-refractivity contribution in [3.8, 4) is 0 Å². The molecule has 2 rings (SSSR count). The van der Waals surface area contributed by atoms with Gasteiger partial charge in [0.2, 0.25) is 0 Å². The topological polar surface area (TPSA) is 20.7 Å². The van der Waals surface area contributed by atoms with E-state index < -0.39 is 0 Å². The van der Waals surface area contributed by atoms with E-state index in [1.165, 1.54) is 31.2 Å². The molecule has 2 aromatic rings. The third kappa shape index (κ3) is 2.60. The normalized spacial score (nSPS) is 13.1. The van der Waals surface area contributed by atoms with Gasteiger partial charge in [0.15, 0.2) is 4.77 Å². The molecule has 1 atom stereocenters. The number of hydrogen-bond donors (Lipinski definition) is 1. The number of aromatic amines is 1. The summed E-state index contributed by atoms with van der Waals surface area (Å²) in [6, 6.07) is 8.81. The summed E-state index contributed by atoms with van der Waals surface area (Å²) >= 11 is 5.42. The van der Waals surface area contributed by atoms with E-state index in [1.807, 2.05) is 6.07 Å². The van der Waals surface area contributed by atoms with Crippen molar-refractivity contribution in [2.75, 3.05) is 0 Å². The smallest absolute Gasteiger partial charge is 0.178 e. The molecule has 0 saturated carbocycles. The molecule has 92 valence electrons. The Bertz CT molecular complexity index is 538. The summed E-state index contributed by atoms with van der Waals surface area (Å²) in [5.74, 6) is 0. The number of fused-ring (bicyclic) bond motifs is 1. The largest absolute Gasteiger partial charge is 0.331 e. The van der Waals surface area contributed by atoms with Crippen molar-refractivity contribution >= 4 is 23.3 Å². The van der Waals surface area contributed by atoms with Gasteiger partial charge < -0.3 is 9.55 Å². The number of imidazole rings is 1. The fourth-order valence-corrected chi connectivity index (χ4v) is 2.72. The first-order valence-corrected chi connectivity index (χ1v) is 6.84. The first-order valence-electron chi connectivity index (χ1n) is 6.43. The molecule has 1 aromatic heterocycles. The Morgan fingerprint density at radius 3 is 2.82 bits per heavy atom. The van der Waals surface area contributed by atoms with Gasteiger partial charge in [-0.1, -0.05) is 38.3 Å². The van der Waals surface area contributed by atoms with Crippen LogP contribution in [0.25, 0.3) is 11.0 Å². The zero-order valence-corrected chi connectivity index (χ0v) is 11.4. The van der Waals surface area contributed by atoms with E-state index in [-0.39, 0.29) is 0 Å². The van der Waals surface area contributed by atoms with Crippen LogP contribution in [0.4, 0.5) is 0 Å². The third-order valence-electron chi connectivity index (χ3n) is 3.29. The van der Waals surface area contributed by atoms with Crippen molar-refractivity contribution in [2.45, 2.75) is 45.6 Å². The maximum atomic E-state index is 5.42. The molecule has 1 heterocycles. The Morgan fingerprint density at radius 2 is 2.06 bits per heavy atom. The number of H-pyrrole nitrogens is 1. The Hall–Kier alpha value is -1.09. The molecule has 0 bridgehead atoms. The van der Waals surface area contributed by atoms with Crippen LogP contribution in [0, 0.1) is 4.77 Å². The number of rotatable bonds is 5. The van der Waals surface area contributed by atoms with Crippen LogP contribution >= 0.6 is 12.2 Å². The first-order chi connectivity index (χ1) is 8.24. The molecule has 0 aliphatic carbocycles. The van der Waals surface area contributed by atoms with E-state index >= 15 is 0 Å². The highest BCUT2D eigenvalue weighted by Gasteiger charge is 2.09. The number of unbranched alkanes of at least 4 members (excludes halogenated alkanes) is 2. The maximum absolute atomic E-state index is 5.42. The van der Waals surface area contributed by atoms with Gasteiger partial charge in [0.1, 0.15) is 0 Å². The van der Waals surface area contributed by atoms with Gasteiger partial charge in [-0.05, 0) is 37.7 Å². The SMILES string of the molecule is CCCCCC(C)n1c(=S)[nH]c2ccccc21. The second kappa shape index (κ2) is 5.50. The fraction of sp³-hybridized carbons (Fsp3) is 0.500. The van der Waals surface area contributed by atoms with Gasteiger partial charge >= 0.3 is 0 Å². The Labute approximate surface area is 108 Å². The molecule has 0 radical (unpaired) electrons. The minimum atomic E-state index is 0.477. The van der Waals surface area contributed by atoms with E-state index in [9.17, 15) is 0 Å². The highest BCUT2D eigenvalue weighted by atomic mass is 32.1. The molecule has 3 heteroatoms. The van der Waals surface area contributed by atoms with Crippen molar-refractivity contribution < 1.29 is 0 Å². The number of nitrogens with zero attached hydrogens (tertiary/aromatic N) is 1. The van der Waals surface area contributed by atoms with Crippen molar-refractivity contribution in [3.63, 3.8) is 0 Å². The predicted molar refractivity (Wildman–Crippen MR) is 76.0 cm³/mol. The second-order valence-electron chi connectivity index (χ2n) is 4.66. The van der Waals surface area contributed by atoms with E-state index in [0.29, 0.717) is 6.04 Å². The van der Waals surface area contributed by atoms with E-state index in [4.69, 9.17) is 12.2 Å². The Morgan fingerprint density at radius 1 is 1.29 bits per heavy atom. The average Bonchev–Trinajstić information content (AvgIpc) is 2.65. The summed E-state index contributed by atoms with van der Waals surface area (Å²) in [6.45, 7) is 4.49. The molecule has 0 aliphatic rings. The molecule has 17 heavy (non-hydrogen) atoms. The van der Waals surface area contributed by atoms with Crippen LogP contribution in [0.2, 0.25) is 0 Å². The summed E-state index contributed by atoms with van der Waals surface area (Å²) in [5, 5.41) is 0. The summed E-state index contributed by atoms with van der Waals surface area (Å²) < 4.78 is 3.09. The lowest BCUT2D eigenvalue weighted by Gasteiger charge is -2.14. The zero-order chi connectivity index (χ0) is 12.3. The van der Waals surface area contributed by atoms with Crippen molar-refractivity contribution in [2.24, 2.45) is 0 Å². The van der Waals surface area contributed by atoms with Crippen LogP contribution in [0.5, 0.6) is 0 Å². The molecular formula is C14H20N2S. The molecule has 1 unspecified atom stereocenters. The maximum Gasteiger partial charge on any atom is 0.178 e. The van der Waals surface area contributed by atoms with Gasteiger partial charge in [-0.15, -0.1) is 0 Å². The van der Waals surface area contributed by atoms with E-state index in [2.05, 4.69) is 41.6 Å². The molecule has 0 aliphatic heterocycles. The predicted octanol–water partition coefficient (Wildman–Crippen LogP) is 4.84. The molecule has 1 N–H and O–H groups in total. The molecule has 0 saturated heterocycles. The van der Waals surface area contributed by atoms with Crippen molar-refractivity contribution in [1.82, 2.24) is 9.55 Å². The highest BCUT2D eigenvalue weighted by molar-refractivity contribution is 7.71. The second-order valence-corrected chi connectivity index (χ2v) is 5.05. The number of hydrogen-bond acceptors (Lipinski definition) is 1. The van der Waals surface area contributed by atoms with Gasteiger partial charge in [-0.25, -0.2) is 0 Å². The molecular weight excluding hydrogens is 228 g/mol. The lowest BCUT2D eigenvalue weighted by Crippen LogP contribution is -2.04.